The molecule has 0 amide bonds. The summed E-state index contributed by atoms with van der Waals surface area (Å²) in [6.07, 6.45) is 2.35. The van der Waals surface area contributed by atoms with E-state index in [4.69, 9.17) is 16.3 Å². The Balaban J connectivity index is 1.94. The first-order valence-electron chi connectivity index (χ1n) is 8.75. The normalized spacial score (nSPS) is 11.8. The predicted octanol–water partition coefficient (Wildman–Crippen LogP) is 3.36. The van der Waals surface area contributed by atoms with Crippen LogP contribution in [0.1, 0.15) is 17.5 Å². The summed E-state index contributed by atoms with van der Waals surface area (Å²) >= 11 is 4.05. The van der Waals surface area contributed by atoms with Crippen LogP contribution >= 0.6 is 11.6 Å². The molecule has 1 unspecified atom stereocenters. The molecule has 0 aliphatic rings. The standard InChI is InChI=1S/C19H17ClFN5O3S/c1-29-16-10-23-15-7-6-14(12(9-22)18(15)26-16)25-19-13(21)5-4-11(17(19)20)3-2-8-24-30(27)28/h4-7,10,24-25H,2-3,8H2,1H3,(H,27,28)/p-1. The molecule has 11 heteroatoms. The molecule has 156 valence electrons. The Hall–Kier alpha value is -2.84. The van der Waals surface area contributed by atoms with E-state index in [1.165, 1.54) is 19.4 Å². The average Bonchev–Trinajstić information content (AvgIpc) is 2.74. The SMILES string of the molecule is COc1cnc2ccc(Nc3c(F)ccc(CCCNS(=O)[O-])c3Cl)c(C#N)c2n1. The smallest absolute Gasteiger partial charge is 0.232 e. The van der Waals surface area contributed by atoms with Crippen LogP contribution in [0.3, 0.4) is 0 Å². The van der Waals surface area contributed by atoms with E-state index >= 15 is 0 Å². The molecule has 0 aliphatic carbocycles. The molecule has 30 heavy (non-hydrogen) atoms. The number of hydrogen-bond donors (Lipinski definition) is 2. The van der Waals surface area contributed by atoms with Crippen molar-refractivity contribution in [1.82, 2.24) is 14.7 Å². The van der Waals surface area contributed by atoms with E-state index in [-0.39, 0.29) is 28.7 Å². The van der Waals surface area contributed by atoms with Gasteiger partial charge in [-0.25, -0.2) is 19.1 Å². The largest absolute Gasteiger partial charge is 0.760 e. The zero-order chi connectivity index (χ0) is 21.7. The second-order valence-corrected chi connectivity index (χ2v) is 7.27. The first kappa shape index (κ1) is 21.9. The van der Waals surface area contributed by atoms with Gasteiger partial charge in [-0.05, 0) is 36.6 Å². The maximum atomic E-state index is 14.5. The van der Waals surface area contributed by atoms with Crippen molar-refractivity contribution in [2.24, 2.45) is 0 Å². The highest BCUT2D eigenvalue weighted by atomic mass is 35.5. The molecule has 1 aromatic heterocycles. The molecule has 0 radical (unpaired) electrons. The molecule has 3 rings (SSSR count). The number of anilines is 2. The molecular formula is C19H16ClFN5O3S-. The molecule has 1 atom stereocenters. The van der Waals surface area contributed by atoms with E-state index in [9.17, 15) is 18.4 Å². The molecule has 8 nitrogen and oxygen atoms in total. The zero-order valence-electron chi connectivity index (χ0n) is 15.7. The van der Waals surface area contributed by atoms with Crippen LogP contribution in [0.25, 0.3) is 11.0 Å². The molecule has 3 aromatic rings. The van der Waals surface area contributed by atoms with Crippen LogP contribution in [-0.4, -0.2) is 32.4 Å². The number of fused-ring (bicyclic) bond motifs is 1. The molecule has 0 saturated carbocycles. The third-order valence-corrected chi connectivity index (χ3v) is 5.16. The van der Waals surface area contributed by atoms with Gasteiger partial charge in [-0.1, -0.05) is 17.7 Å². The third-order valence-electron chi connectivity index (χ3n) is 4.29. The quantitative estimate of drug-likeness (QED) is 0.400. The van der Waals surface area contributed by atoms with Gasteiger partial charge in [0.15, 0.2) is 0 Å². The maximum absolute atomic E-state index is 14.5. The Morgan fingerprint density at radius 3 is 2.87 bits per heavy atom. The summed E-state index contributed by atoms with van der Waals surface area (Å²) < 4.78 is 42.9. The Kier molecular flexibility index (Phi) is 7.12. The fraction of sp³-hybridized carbons (Fsp3) is 0.211. The number of halogens is 2. The van der Waals surface area contributed by atoms with Crippen LogP contribution in [0, 0.1) is 17.1 Å². The zero-order valence-corrected chi connectivity index (χ0v) is 17.3. The van der Waals surface area contributed by atoms with Crippen molar-refractivity contribution in [2.45, 2.75) is 12.8 Å². The molecule has 0 saturated heterocycles. The van der Waals surface area contributed by atoms with Gasteiger partial charge in [-0.3, -0.25) is 4.21 Å². The lowest BCUT2D eigenvalue weighted by Gasteiger charge is -2.15. The third kappa shape index (κ3) is 4.83. The molecule has 2 aromatic carbocycles. The van der Waals surface area contributed by atoms with Gasteiger partial charge in [0.1, 0.15) is 23.0 Å². The fourth-order valence-corrected chi connectivity index (χ4v) is 3.46. The van der Waals surface area contributed by atoms with Gasteiger partial charge >= 0.3 is 0 Å². The number of benzene rings is 2. The Morgan fingerprint density at radius 1 is 1.37 bits per heavy atom. The maximum Gasteiger partial charge on any atom is 0.232 e. The van der Waals surface area contributed by atoms with Crippen LogP contribution in [0.5, 0.6) is 5.88 Å². The van der Waals surface area contributed by atoms with Crippen LogP contribution in [0.4, 0.5) is 15.8 Å². The second-order valence-electron chi connectivity index (χ2n) is 6.13. The van der Waals surface area contributed by atoms with Crippen molar-refractivity contribution in [1.29, 1.82) is 5.26 Å². The first-order chi connectivity index (χ1) is 14.4. The van der Waals surface area contributed by atoms with Gasteiger partial charge in [-0.15, -0.1) is 0 Å². The molecule has 0 fully saturated rings. The highest BCUT2D eigenvalue weighted by Crippen LogP contribution is 2.34. The van der Waals surface area contributed by atoms with Crippen LogP contribution in [-0.2, 0) is 17.7 Å². The van der Waals surface area contributed by atoms with Crippen molar-refractivity contribution in [3.63, 3.8) is 0 Å². The first-order valence-corrected chi connectivity index (χ1v) is 10.2. The molecule has 0 bridgehead atoms. The van der Waals surface area contributed by atoms with Crippen molar-refractivity contribution >= 4 is 45.3 Å². The van der Waals surface area contributed by atoms with E-state index in [2.05, 4.69) is 26.1 Å². The Labute approximate surface area is 179 Å². The summed E-state index contributed by atoms with van der Waals surface area (Å²) in [4.78, 5) is 8.46. The highest BCUT2D eigenvalue weighted by molar-refractivity contribution is 7.77. The molecule has 0 aliphatic heterocycles. The van der Waals surface area contributed by atoms with E-state index in [0.29, 0.717) is 35.1 Å². The lowest BCUT2D eigenvalue weighted by atomic mass is 10.1. The fourth-order valence-electron chi connectivity index (χ4n) is 2.85. The lowest BCUT2D eigenvalue weighted by Crippen LogP contribution is -2.18. The molecule has 2 N–H and O–H groups in total. The van der Waals surface area contributed by atoms with Gasteiger partial charge in [0.2, 0.25) is 5.88 Å². The minimum absolute atomic E-state index is 0.0150. The van der Waals surface area contributed by atoms with E-state index < -0.39 is 17.1 Å². The number of nitriles is 1. The summed E-state index contributed by atoms with van der Waals surface area (Å²) in [6.45, 7) is 0.232. The van der Waals surface area contributed by atoms with Crippen molar-refractivity contribution in [2.75, 3.05) is 19.0 Å². The van der Waals surface area contributed by atoms with Gasteiger partial charge in [0.05, 0.1) is 35.2 Å². The topological polar surface area (TPSA) is 123 Å². The number of aryl methyl sites for hydroxylation is 1. The van der Waals surface area contributed by atoms with Crippen LogP contribution < -0.4 is 14.8 Å². The molecule has 1 heterocycles. The summed E-state index contributed by atoms with van der Waals surface area (Å²) in [6, 6.07) is 8.11. The highest BCUT2D eigenvalue weighted by Gasteiger charge is 2.16. The second kappa shape index (κ2) is 9.77. The predicted molar refractivity (Wildman–Crippen MR) is 111 cm³/mol. The van der Waals surface area contributed by atoms with Gasteiger partial charge < -0.3 is 14.6 Å². The lowest BCUT2D eigenvalue weighted by molar-refractivity contribution is 0.397. The molecule has 0 spiro atoms. The summed E-state index contributed by atoms with van der Waals surface area (Å²) in [7, 11) is 1.44. The van der Waals surface area contributed by atoms with Gasteiger partial charge in [-0.2, -0.15) is 5.26 Å². The average molecular weight is 449 g/mol. The van der Waals surface area contributed by atoms with Crippen molar-refractivity contribution in [3.8, 4) is 11.9 Å². The number of methoxy groups -OCH3 is 1. The number of nitrogens with zero attached hydrogens (tertiary/aromatic N) is 3. The number of rotatable bonds is 8. The van der Waals surface area contributed by atoms with Gasteiger partial charge in [0.25, 0.3) is 0 Å². The number of hydrogen-bond acceptors (Lipinski definition) is 7. The monoisotopic (exact) mass is 448 g/mol. The summed E-state index contributed by atoms with van der Waals surface area (Å²) in [5.41, 5.74) is 1.93. The molecular weight excluding hydrogens is 433 g/mol. The number of ether oxygens (including phenoxy) is 1. The minimum Gasteiger partial charge on any atom is -0.760 e. The van der Waals surface area contributed by atoms with E-state index in [0.717, 1.165) is 0 Å². The number of aromatic nitrogens is 2. The van der Waals surface area contributed by atoms with Gasteiger partial charge in [0, 0.05) is 17.8 Å². The number of nitrogens with one attached hydrogen (secondary N) is 2. The summed E-state index contributed by atoms with van der Waals surface area (Å²) in [5, 5.41) is 12.7. The van der Waals surface area contributed by atoms with E-state index in [1.54, 1.807) is 18.2 Å². The van der Waals surface area contributed by atoms with Crippen LogP contribution in [0.2, 0.25) is 5.02 Å². The minimum atomic E-state index is -2.34. The summed E-state index contributed by atoms with van der Waals surface area (Å²) in [5.74, 6) is -0.349. The van der Waals surface area contributed by atoms with Crippen molar-refractivity contribution in [3.05, 3.63) is 52.4 Å². The van der Waals surface area contributed by atoms with E-state index in [1.807, 2.05) is 0 Å². The van der Waals surface area contributed by atoms with Crippen molar-refractivity contribution < 1.29 is 17.9 Å². The Bertz CT molecular complexity index is 1160. The Morgan fingerprint density at radius 2 is 2.17 bits per heavy atom. The van der Waals surface area contributed by atoms with Crippen LogP contribution in [0.15, 0.2) is 30.5 Å².